The van der Waals surface area contributed by atoms with Crippen molar-refractivity contribution in [3.8, 4) is 16.5 Å². The second-order valence-corrected chi connectivity index (χ2v) is 7.59. The SMILES string of the molecule is COc1nc(NCCCN(C)C)c2sc(-c3ccc(C(F)(F)F)cc3)cc2n1. The van der Waals surface area contributed by atoms with Crippen molar-refractivity contribution in [3.63, 3.8) is 0 Å². The van der Waals surface area contributed by atoms with Gasteiger partial charge in [-0.3, -0.25) is 0 Å². The molecule has 0 amide bonds. The van der Waals surface area contributed by atoms with Crippen LogP contribution in [0.5, 0.6) is 6.01 Å². The van der Waals surface area contributed by atoms with Crippen molar-refractivity contribution < 1.29 is 17.9 Å². The zero-order chi connectivity index (χ0) is 20.3. The quantitative estimate of drug-likeness (QED) is 0.570. The molecule has 0 bridgehead atoms. The van der Waals surface area contributed by atoms with E-state index in [9.17, 15) is 13.2 Å². The molecule has 5 nitrogen and oxygen atoms in total. The van der Waals surface area contributed by atoms with Crippen molar-refractivity contribution in [2.75, 3.05) is 39.6 Å². The van der Waals surface area contributed by atoms with Crippen LogP contribution in [-0.2, 0) is 6.18 Å². The number of fused-ring (bicyclic) bond motifs is 1. The third-order valence-electron chi connectivity index (χ3n) is 4.10. The minimum Gasteiger partial charge on any atom is -0.467 e. The van der Waals surface area contributed by atoms with E-state index in [4.69, 9.17) is 4.74 Å². The first-order valence-electron chi connectivity index (χ1n) is 8.69. The molecule has 0 aliphatic heterocycles. The average Bonchev–Trinajstić information content (AvgIpc) is 3.08. The minimum atomic E-state index is -4.35. The number of alkyl halides is 3. The summed E-state index contributed by atoms with van der Waals surface area (Å²) in [4.78, 5) is 11.7. The molecule has 0 saturated heterocycles. The van der Waals surface area contributed by atoms with Crippen molar-refractivity contribution in [1.29, 1.82) is 0 Å². The number of hydrogen-bond donors (Lipinski definition) is 1. The molecule has 0 spiro atoms. The second-order valence-electron chi connectivity index (χ2n) is 6.54. The molecular formula is C19H21F3N4OS. The van der Waals surface area contributed by atoms with Crippen LogP contribution < -0.4 is 10.1 Å². The summed E-state index contributed by atoms with van der Waals surface area (Å²) in [7, 11) is 5.53. The van der Waals surface area contributed by atoms with Gasteiger partial charge in [0.1, 0.15) is 0 Å². The van der Waals surface area contributed by atoms with Crippen LogP contribution in [0.4, 0.5) is 19.0 Å². The fourth-order valence-electron chi connectivity index (χ4n) is 2.69. The van der Waals surface area contributed by atoms with Gasteiger partial charge in [-0.05, 0) is 50.8 Å². The fourth-order valence-corrected chi connectivity index (χ4v) is 3.76. The van der Waals surface area contributed by atoms with Gasteiger partial charge >= 0.3 is 12.2 Å². The fraction of sp³-hybridized carbons (Fsp3) is 0.368. The van der Waals surface area contributed by atoms with E-state index in [1.165, 1.54) is 30.6 Å². The molecule has 9 heteroatoms. The van der Waals surface area contributed by atoms with Crippen LogP contribution in [0, 0.1) is 0 Å². The first-order chi connectivity index (χ1) is 13.3. The molecule has 0 atom stereocenters. The predicted molar refractivity (Wildman–Crippen MR) is 106 cm³/mol. The van der Waals surface area contributed by atoms with Crippen LogP contribution in [0.15, 0.2) is 30.3 Å². The highest BCUT2D eigenvalue weighted by atomic mass is 32.1. The van der Waals surface area contributed by atoms with Crippen molar-refractivity contribution in [1.82, 2.24) is 14.9 Å². The summed E-state index contributed by atoms with van der Waals surface area (Å²) in [5.74, 6) is 0.670. The predicted octanol–water partition coefficient (Wildman–Crippen LogP) is 4.75. The van der Waals surface area contributed by atoms with Crippen molar-refractivity contribution in [3.05, 3.63) is 35.9 Å². The molecule has 3 aromatic rings. The van der Waals surface area contributed by atoms with Crippen LogP contribution in [-0.4, -0.2) is 49.2 Å². The summed E-state index contributed by atoms with van der Waals surface area (Å²) in [6, 6.07) is 7.22. The lowest BCUT2D eigenvalue weighted by Gasteiger charge is -2.11. The molecule has 2 aromatic heterocycles. The molecule has 0 saturated carbocycles. The maximum absolute atomic E-state index is 12.8. The Morgan fingerprint density at radius 3 is 2.46 bits per heavy atom. The number of ether oxygens (including phenoxy) is 1. The Bertz CT molecular complexity index is 939. The number of aromatic nitrogens is 2. The third kappa shape index (κ3) is 4.71. The van der Waals surface area contributed by atoms with E-state index in [0.29, 0.717) is 16.9 Å². The molecule has 0 fully saturated rings. The highest BCUT2D eigenvalue weighted by Gasteiger charge is 2.30. The Hall–Kier alpha value is -2.39. The smallest absolute Gasteiger partial charge is 0.416 e. The summed E-state index contributed by atoms with van der Waals surface area (Å²) in [6.45, 7) is 1.68. The number of methoxy groups -OCH3 is 1. The lowest BCUT2D eigenvalue weighted by molar-refractivity contribution is -0.137. The number of benzene rings is 1. The Kier molecular flexibility index (Phi) is 6.04. The van der Waals surface area contributed by atoms with E-state index in [2.05, 4.69) is 20.2 Å². The van der Waals surface area contributed by atoms with Crippen molar-refractivity contribution in [2.45, 2.75) is 12.6 Å². The Morgan fingerprint density at radius 2 is 1.86 bits per heavy atom. The van der Waals surface area contributed by atoms with Crippen LogP contribution in [0.25, 0.3) is 20.7 Å². The van der Waals surface area contributed by atoms with Gasteiger partial charge in [0.2, 0.25) is 0 Å². The zero-order valence-corrected chi connectivity index (χ0v) is 16.6. The summed E-state index contributed by atoms with van der Waals surface area (Å²) in [6.07, 6.45) is -3.40. The molecule has 1 aromatic carbocycles. The van der Waals surface area contributed by atoms with Gasteiger partial charge in [0.25, 0.3) is 0 Å². The van der Waals surface area contributed by atoms with E-state index in [-0.39, 0.29) is 6.01 Å². The molecular weight excluding hydrogens is 389 g/mol. The molecule has 28 heavy (non-hydrogen) atoms. The van der Waals surface area contributed by atoms with Crippen molar-refractivity contribution in [2.24, 2.45) is 0 Å². The van der Waals surface area contributed by atoms with Gasteiger partial charge in [-0.1, -0.05) is 12.1 Å². The summed E-state index contributed by atoms with van der Waals surface area (Å²) >= 11 is 1.44. The number of rotatable bonds is 7. The Labute approximate surface area is 165 Å². The normalized spacial score (nSPS) is 12.0. The molecule has 2 heterocycles. The van der Waals surface area contributed by atoms with E-state index in [1.54, 1.807) is 0 Å². The lowest BCUT2D eigenvalue weighted by atomic mass is 10.1. The van der Waals surface area contributed by atoms with Gasteiger partial charge in [0, 0.05) is 11.4 Å². The van der Waals surface area contributed by atoms with Gasteiger partial charge < -0.3 is 15.0 Å². The van der Waals surface area contributed by atoms with Gasteiger partial charge in [-0.25, -0.2) is 0 Å². The first-order valence-corrected chi connectivity index (χ1v) is 9.51. The van der Waals surface area contributed by atoms with Crippen LogP contribution in [0.2, 0.25) is 0 Å². The molecule has 0 radical (unpaired) electrons. The average molecular weight is 410 g/mol. The summed E-state index contributed by atoms with van der Waals surface area (Å²) in [5.41, 5.74) is 0.734. The summed E-state index contributed by atoms with van der Waals surface area (Å²) in [5, 5.41) is 3.32. The molecule has 150 valence electrons. The number of nitrogens with one attached hydrogen (secondary N) is 1. The highest BCUT2D eigenvalue weighted by molar-refractivity contribution is 7.22. The van der Waals surface area contributed by atoms with E-state index in [1.807, 2.05) is 20.2 Å². The lowest BCUT2D eigenvalue weighted by Crippen LogP contribution is -2.16. The largest absolute Gasteiger partial charge is 0.467 e. The number of thiophene rings is 1. The first kappa shape index (κ1) is 20.3. The third-order valence-corrected chi connectivity index (χ3v) is 5.29. The summed E-state index contributed by atoms with van der Waals surface area (Å²) < 4.78 is 44.4. The van der Waals surface area contributed by atoms with E-state index >= 15 is 0 Å². The number of nitrogens with zero attached hydrogens (tertiary/aromatic N) is 3. The van der Waals surface area contributed by atoms with Crippen LogP contribution in [0.1, 0.15) is 12.0 Å². The zero-order valence-electron chi connectivity index (χ0n) is 15.8. The van der Waals surface area contributed by atoms with Gasteiger partial charge in [-0.15, -0.1) is 11.3 Å². The Balaban J connectivity index is 1.90. The van der Waals surface area contributed by atoms with Crippen LogP contribution in [0.3, 0.4) is 0 Å². The van der Waals surface area contributed by atoms with Gasteiger partial charge in [0.15, 0.2) is 5.82 Å². The minimum absolute atomic E-state index is 0.249. The Morgan fingerprint density at radius 1 is 1.14 bits per heavy atom. The molecule has 0 unspecified atom stereocenters. The number of hydrogen-bond acceptors (Lipinski definition) is 6. The standard InChI is InChI=1S/C19H21F3N4OS/c1-26(2)10-4-9-23-17-16-14(24-18(25-17)27-3)11-15(28-16)12-5-7-13(8-6-12)19(20,21)22/h5-8,11H,4,9-10H2,1-3H3,(H,23,24,25). The maximum atomic E-state index is 12.8. The topological polar surface area (TPSA) is 50.3 Å². The van der Waals surface area contributed by atoms with E-state index in [0.717, 1.165) is 41.2 Å². The molecule has 1 N–H and O–H groups in total. The molecule has 3 rings (SSSR count). The monoisotopic (exact) mass is 410 g/mol. The number of anilines is 1. The second kappa shape index (κ2) is 8.32. The van der Waals surface area contributed by atoms with Crippen molar-refractivity contribution >= 4 is 27.4 Å². The number of halogens is 3. The maximum Gasteiger partial charge on any atom is 0.416 e. The molecule has 0 aliphatic carbocycles. The van der Waals surface area contributed by atoms with Gasteiger partial charge in [-0.2, -0.15) is 23.1 Å². The highest BCUT2D eigenvalue weighted by Crippen LogP contribution is 2.38. The van der Waals surface area contributed by atoms with Gasteiger partial charge in [0.05, 0.1) is 22.9 Å². The van der Waals surface area contributed by atoms with E-state index < -0.39 is 11.7 Å². The molecule has 0 aliphatic rings. The van der Waals surface area contributed by atoms with Crippen LogP contribution >= 0.6 is 11.3 Å².